The molecule has 1 heterocycles. The zero-order chi connectivity index (χ0) is 10.6. The van der Waals surface area contributed by atoms with E-state index in [0.717, 1.165) is 26.1 Å². The van der Waals surface area contributed by atoms with Crippen LogP contribution in [0.25, 0.3) is 0 Å². The van der Waals surface area contributed by atoms with E-state index in [4.69, 9.17) is 10.9 Å². The van der Waals surface area contributed by atoms with Gasteiger partial charge in [-0.1, -0.05) is 12.1 Å². The van der Waals surface area contributed by atoms with Crippen molar-refractivity contribution in [1.29, 1.82) is 0 Å². The second kappa shape index (κ2) is 5.17. The third-order valence-corrected chi connectivity index (χ3v) is 2.76. The van der Waals surface area contributed by atoms with Crippen LogP contribution in [0.1, 0.15) is 19.8 Å². The number of rotatable bonds is 3. The van der Waals surface area contributed by atoms with Gasteiger partial charge < -0.3 is 20.9 Å². The highest BCUT2D eigenvalue weighted by molar-refractivity contribution is 5.79. The third kappa shape index (κ3) is 3.16. The molecule has 1 rings (SSSR count). The fourth-order valence-corrected chi connectivity index (χ4v) is 1.75. The van der Waals surface area contributed by atoms with Gasteiger partial charge in [0.1, 0.15) is 5.84 Å². The van der Waals surface area contributed by atoms with Gasteiger partial charge in [0.25, 0.3) is 0 Å². The second-order valence-electron chi connectivity index (χ2n) is 3.98. The Morgan fingerprint density at radius 3 is 2.93 bits per heavy atom. The molecule has 2 atom stereocenters. The molecule has 1 fully saturated rings. The monoisotopic (exact) mass is 201 g/mol. The number of oxime groups is 1. The number of nitrogens with two attached hydrogens (primary N) is 1. The Kier molecular flexibility index (Phi) is 4.16. The topological polar surface area (TPSA) is 82.1 Å². The summed E-state index contributed by atoms with van der Waals surface area (Å²) in [6, 6.07) is 0. The Hall–Kier alpha value is -0.810. The van der Waals surface area contributed by atoms with Crippen LogP contribution in [0.3, 0.4) is 0 Å². The van der Waals surface area contributed by atoms with E-state index in [1.54, 1.807) is 0 Å². The van der Waals surface area contributed by atoms with E-state index in [0.29, 0.717) is 12.3 Å². The molecule has 0 saturated carbocycles. The van der Waals surface area contributed by atoms with Crippen molar-refractivity contribution < 1.29 is 10.3 Å². The van der Waals surface area contributed by atoms with Gasteiger partial charge in [-0.2, -0.15) is 0 Å². The molecule has 1 aliphatic rings. The highest BCUT2D eigenvalue weighted by atomic mass is 16.4. The van der Waals surface area contributed by atoms with Crippen molar-refractivity contribution >= 4 is 5.84 Å². The molecule has 4 N–H and O–H groups in total. The summed E-state index contributed by atoms with van der Waals surface area (Å²) in [5, 5.41) is 20.8. The minimum Gasteiger partial charge on any atom is -0.409 e. The number of aliphatic hydroxyl groups excluding tert-OH is 1. The second-order valence-corrected chi connectivity index (χ2v) is 3.98. The van der Waals surface area contributed by atoms with E-state index in [2.05, 4.69) is 10.1 Å². The summed E-state index contributed by atoms with van der Waals surface area (Å²) in [5.41, 5.74) is 5.38. The summed E-state index contributed by atoms with van der Waals surface area (Å²) in [4.78, 5) is 2.23. The van der Waals surface area contributed by atoms with Crippen molar-refractivity contribution in [2.75, 3.05) is 19.6 Å². The maximum Gasteiger partial charge on any atom is 0.140 e. The van der Waals surface area contributed by atoms with Crippen LogP contribution in [0.15, 0.2) is 5.16 Å². The van der Waals surface area contributed by atoms with E-state index >= 15 is 0 Å². The van der Waals surface area contributed by atoms with Gasteiger partial charge in [0, 0.05) is 26.1 Å². The molecule has 0 aliphatic carbocycles. The molecular weight excluding hydrogens is 182 g/mol. The lowest BCUT2D eigenvalue weighted by molar-refractivity contribution is 0.0361. The van der Waals surface area contributed by atoms with Crippen LogP contribution in [-0.2, 0) is 0 Å². The van der Waals surface area contributed by atoms with Crippen molar-refractivity contribution in [3.8, 4) is 0 Å². The highest BCUT2D eigenvalue weighted by Gasteiger charge is 2.23. The van der Waals surface area contributed by atoms with Crippen molar-refractivity contribution in [3.63, 3.8) is 0 Å². The first-order chi connectivity index (χ1) is 6.63. The van der Waals surface area contributed by atoms with E-state index in [1.807, 2.05) is 6.92 Å². The fraction of sp³-hybridized carbons (Fsp3) is 0.889. The fourth-order valence-electron chi connectivity index (χ4n) is 1.75. The average molecular weight is 201 g/mol. The van der Waals surface area contributed by atoms with Gasteiger partial charge in [-0.25, -0.2) is 0 Å². The van der Waals surface area contributed by atoms with Crippen LogP contribution in [0.4, 0.5) is 0 Å². The molecule has 82 valence electrons. The summed E-state index contributed by atoms with van der Waals surface area (Å²) in [7, 11) is 0. The molecule has 0 aromatic carbocycles. The van der Waals surface area contributed by atoms with Crippen molar-refractivity contribution in [2.24, 2.45) is 16.8 Å². The van der Waals surface area contributed by atoms with Crippen LogP contribution >= 0.6 is 0 Å². The third-order valence-electron chi connectivity index (χ3n) is 2.76. The highest BCUT2D eigenvalue weighted by Crippen LogP contribution is 2.16. The lowest BCUT2D eigenvalue weighted by Gasteiger charge is -2.34. The van der Waals surface area contributed by atoms with Gasteiger partial charge >= 0.3 is 0 Å². The predicted octanol–water partition coefficient (Wildman–Crippen LogP) is -0.174. The first kappa shape index (κ1) is 11.3. The van der Waals surface area contributed by atoms with Gasteiger partial charge in [0.15, 0.2) is 0 Å². The van der Waals surface area contributed by atoms with Crippen molar-refractivity contribution in [1.82, 2.24) is 4.90 Å². The maximum absolute atomic E-state index is 9.50. The van der Waals surface area contributed by atoms with E-state index < -0.39 is 0 Å². The quantitative estimate of drug-likeness (QED) is 0.256. The van der Waals surface area contributed by atoms with Crippen molar-refractivity contribution in [3.05, 3.63) is 0 Å². The minimum atomic E-state index is -0.171. The van der Waals surface area contributed by atoms with E-state index in [-0.39, 0.29) is 11.9 Å². The molecule has 0 bridgehead atoms. The molecule has 5 heteroatoms. The summed E-state index contributed by atoms with van der Waals surface area (Å²) in [6.45, 7) is 4.62. The molecule has 1 aliphatic heterocycles. The van der Waals surface area contributed by atoms with Crippen LogP contribution in [0, 0.1) is 5.92 Å². The first-order valence-corrected chi connectivity index (χ1v) is 5.00. The number of hydrogen-bond acceptors (Lipinski definition) is 4. The van der Waals surface area contributed by atoms with Gasteiger partial charge in [0.05, 0.1) is 6.10 Å². The largest absolute Gasteiger partial charge is 0.409 e. The smallest absolute Gasteiger partial charge is 0.140 e. The zero-order valence-corrected chi connectivity index (χ0v) is 8.56. The number of amidine groups is 1. The average Bonchev–Trinajstić information content (AvgIpc) is 2.19. The Bertz CT molecular complexity index is 208. The Labute approximate surface area is 84.2 Å². The minimum absolute atomic E-state index is 0.171. The first-order valence-electron chi connectivity index (χ1n) is 5.00. The SMILES string of the molecule is CC1CN(CC/C(N)=N/O)CCC1O. The molecule has 0 aromatic heterocycles. The zero-order valence-electron chi connectivity index (χ0n) is 8.56. The molecule has 1 saturated heterocycles. The van der Waals surface area contributed by atoms with Crippen molar-refractivity contribution in [2.45, 2.75) is 25.9 Å². The molecular formula is C9H19N3O2. The number of nitrogens with zero attached hydrogens (tertiary/aromatic N) is 2. The standard InChI is InChI=1S/C9H19N3O2/c1-7-6-12(4-2-8(7)13)5-3-9(10)11-14/h7-8,13-14H,2-6H2,1H3,(H2,10,11). The molecule has 0 amide bonds. The van der Waals surface area contributed by atoms with Crippen LogP contribution in [0.2, 0.25) is 0 Å². The Morgan fingerprint density at radius 2 is 2.36 bits per heavy atom. The number of aliphatic hydroxyl groups is 1. The summed E-state index contributed by atoms with van der Waals surface area (Å²) in [5.74, 6) is 0.583. The molecule has 14 heavy (non-hydrogen) atoms. The molecule has 0 radical (unpaired) electrons. The Morgan fingerprint density at radius 1 is 1.64 bits per heavy atom. The maximum atomic E-state index is 9.50. The molecule has 5 nitrogen and oxygen atoms in total. The predicted molar refractivity (Wildman–Crippen MR) is 54.3 cm³/mol. The van der Waals surface area contributed by atoms with E-state index in [1.165, 1.54) is 0 Å². The van der Waals surface area contributed by atoms with Crippen LogP contribution < -0.4 is 5.73 Å². The lowest BCUT2D eigenvalue weighted by Crippen LogP contribution is -2.42. The summed E-state index contributed by atoms with van der Waals surface area (Å²) >= 11 is 0. The van der Waals surface area contributed by atoms with Gasteiger partial charge in [0.2, 0.25) is 0 Å². The Balaban J connectivity index is 2.26. The number of likely N-dealkylation sites (tertiary alicyclic amines) is 1. The van der Waals surface area contributed by atoms with Gasteiger partial charge in [-0.15, -0.1) is 0 Å². The molecule has 0 aromatic rings. The number of piperidine rings is 1. The molecule has 0 spiro atoms. The van der Waals surface area contributed by atoms with Crippen LogP contribution in [0.5, 0.6) is 0 Å². The van der Waals surface area contributed by atoms with Gasteiger partial charge in [-0.05, 0) is 12.3 Å². The number of hydrogen-bond donors (Lipinski definition) is 3. The normalized spacial score (nSPS) is 30.6. The summed E-state index contributed by atoms with van der Waals surface area (Å²) < 4.78 is 0. The summed E-state index contributed by atoms with van der Waals surface area (Å²) in [6.07, 6.45) is 1.23. The van der Waals surface area contributed by atoms with Crippen LogP contribution in [-0.4, -0.2) is 46.8 Å². The molecule has 2 unspecified atom stereocenters. The van der Waals surface area contributed by atoms with E-state index in [9.17, 15) is 5.11 Å². The lowest BCUT2D eigenvalue weighted by atomic mass is 9.97. The van der Waals surface area contributed by atoms with Gasteiger partial charge in [-0.3, -0.25) is 0 Å².